The van der Waals surface area contributed by atoms with Gasteiger partial charge in [0.1, 0.15) is 16.9 Å². The van der Waals surface area contributed by atoms with Gasteiger partial charge in [0.05, 0.1) is 12.8 Å². The van der Waals surface area contributed by atoms with Gasteiger partial charge in [-0.3, -0.25) is 9.69 Å². The molecule has 8 heteroatoms. The minimum absolute atomic E-state index is 0.0198. The van der Waals surface area contributed by atoms with Gasteiger partial charge in [-0.15, -0.1) is 0 Å². The largest absolute Gasteiger partial charge is 0.463 e. The maximum absolute atomic E-state index is 12.8. The Labute approximate surface area is 181 Å². The van der Waals surface area contributed by atoms with Gasteiger partial charge in [0, 0.05) is 39.3 Å². The summed E-state index contributed by atoms with van der Waals surface area (Å²) >= 11 is 1.39. The molecular weight excluding hydrogens is 402 g/mol. The van der Waals surface area contributed by atoms with Crippen LogP contribution in [0.25, 0.3) is 11.5 Å². The predicted octanol–water partition coefficient (Wildman–Crippen LogP) is 3.89. The van der Waals surface area contributed by atoms with Crippen LogP contribution in [0.3, 0.4) is 0 Å². The van der Waals surface area contributed by atoms with Crippen molar-refractivity contribution in [2.75, 3.05) is 45.2 Å². The van der Waals surface area contributed by atoms with Crippen molar-refractivity contribution in [1.82, 2.24) is 9.88 Å². The fourth-order valence-corrected chi connectivity index (χ4v) is 4.43. The molecule has 0 radical (unpaired) electrons. The Kier molecular flexibility index (Phi) is 8.80. The molecule has 1 N–H and O–H groups in total. The Morgan fingerprint density at radius 3 is 2.97 bits per heavy atom. The van der Waals surface area contributed by atoms with E-state index in [4.69, 9.17) is 9.15 Å². The summed E-state index contributed by atoms with van der Waals surface area (Å²) in [4.78, 5) is 30.1. The molecule has 2 aromatic heterocycles. The molecule has 1 atom stereocenters. The molecule has 1 unspecified atom stereocenters. The van der Waals surface area contributed by atoms with E-state index in [-0.39, 0.29) is 11.7 Å². The molecule has 2 aliphatic rings. The van der Waals surface area contributed by atoms with Crippen LogP contribution in [0, 0.1) is 5.92 Å². The molecule has 30 heavy (non-hydrogen) atoms. The van der Waals surface area contributed by atoms with Crippen LogP contribution in [-0.4, -0.2) is 61.8 Å². The van der Waals surface area contributed by atoms with E-state index in [2.05, 4.69) is 27.4 Å². The lowest BCUT2D eigenvalue weighted by atomic mass is 9.94. The highest BCUT2D eigenvalue weighted by Gasteiger charge is 2.28. The summed E-state index contributed by atoms with van der Waals surface area (Å²) in [6.07, 6.45) is 10.5. The molecule has 162 valence electrons. The first-order valence-corrected chi connectivity index (χ1v) is 11.2. The van der Waals surface area contributed by atoms with E-state index in [1.54, 1.807) is 13.3 Å². The number of ketones is 1. The number of Topliss-reactive ketones (excluding diaryl/α,β-unsaturated/α-hetero) is 1. The number of carbonyl (C=O) groups excluding carboxylic acids is 2. The van der Waals surface area contributed by atoms with E-state index >= 15 is 0 Å². The van der Waals surface area contributed by atoms with E-state index in [0.717, 1.165) is 56.8 Å². The molecule has 7 nitrogen and oxygen atoms in total. The van der Waals surface area contributed by atoms with Crippen molar-refractivity contribution < 1.29 is 18.7 Å². The van der Waals surface area contributed by atoms with E-state index in [0.29, 0.717) is 29.5 Å². The number of furan rings is 1. The van der Waals surface area contributed by atoms with Crippen molar-refractivity contribution in [3.8, 4) is 11.5 Å². The van der Waals surface area contributed by atoms with Crippen molar-refractivity contribution in [2.45, 2.75) is 25.7 Å². The number of nitrogens with one attached hydrogen (secondary N) is 1. The van der Waals surface area contributed by atoms with Crippen LogP contribution >= 0.6 is 11.3 Å². The van der Waals surface area contributed by atoms with Gasteiger partial charge in [-0.1, -0.05) is 23.5 Å². The molecule has 0 bridgehead atoms. The summed E-state index contributed by atoms with van der Waals surface area (Å²) in [5.74, 6) is 0.818. The topological polar surface area (TPSA) is 84.7 Å². The molecular formula is C22H29N3O4S. The van der Waals surface area contributed by atoms with Gasteiger partial charge in [-0.2, -0.15) is 0 Å². The Balaban J connectivity index is 0.000000239. The second-order valence-electron chi connectivity index (χ2n) is 7.21. The van der Waals surface area contributed by atoms with E-state index in [9.17, 15) is 9.59 Å². The van der Waals surface area contributed by atoms with Gasteiger partial charge in [0.2, 0.25) is 0 Å². The van der Waals surface area contributed by atoms with Crippen molar-refractivity contribution in [1.29, 1.82) is 0 Å². The van der Waals surface area contributed by atoms with Crippen LogP contribution in [0.1, 0.15) is 35.4 Å². The Bertz CT molecular complexity index is 824. The summed E-state index contributed by atoms with van der Waals surface area (Å²) in [5, 5.41) is 3.74. The lowest BCUT2D eigenvalue weighted by Gasteiger charge is -2.19. The van der Waals surface area contributed by atoms with E-state index in [1.807, 2.05) is 12.1 Å². The highest BCUT2D eigenvalue weighted by atomic mass is 32.1. The minimum atomic E-state index is 0.0198. The van der Waals surface area contributed by atoms with Crippen molar-refractivity contribution in [2.24, 2.45) is 5.92 Å². The highest BCUT2D eigenvalue weighted by Crippen LogP contribution is 2.34. The van der Waals surface area contributed by atoms with Crippen molar-refractivity contribution >= 4 is 28.5 Å². The van der Waals surface area contributed by atoms with E-state index < -0.39 is 0 Å². The van der Waals surface area contributed by atoms with Crippen LogP contribution in [0.5, 0.6) is 0 Å². The highest BCUT2D eigenvalue weighted by molar-refractivity contribution is 7.18. The first-order chi connectivity index (χ1) is 14.7. The molecule has 4 rings (SSSR count). The van der Waals surface area contributed by atoms with Gasteiger partial charge < -0.3 is 19.3 Å². The third kappa shape index (κ3) is 6.10. The molecule has 1 saturated heterocycles. The zero-order chi connectivity index (χ0) is 21.2. The number of hydrogen-bond donors (Lipinski definition) is 1. The number of aromatic nitrogens is 1. The summed E-state index contributed by atoms with van der Waals surface area (Å²) in [7, 11) is 1.80. The van der Waals surface area contributed by atoms with Crippen LogP contribution < -0.4 is 5.32 Å². The van der Waals surface area contributed by atoms with Crippen LogP contribution in [0.15, 0.2) is 35.0 Å². The first kappa shape index (κ1) is 22.4. The second kappa shape index (κ2) is 11.8. The van der Waals surface area contributed by atoms with Gasteiger partial charge in [-0.25, -0.2) is 4.98 Å². The normalized spacial score (nSPS) is 19.4. The number of anilines is 1. The number of nitrogens with zero attached hydrogens (tertiary/aromatic N) is 2. The van der Waals surface area contributed by atoms with Crippen molar-refractivity contribution in [3.05, 3.63) is 35.4 Å². The molecule has 0 saturated carbocycles. The molecule has 0 spiro atoms. The average Bonchev–Trinajstić information content (AvgIpc) is 3.38. The number of thiazole rings is 1. The molecule has 2 aliphatic heterocycles. The number of rotatable bonds is 6. The van der Waals surface area contributed by atoms with E-state index in [1.165, 1.54) is 11.3 Å². The number of hydrogen-bond acceptors (Lipinski definition) is 8. The SMILES string of the molecule is CNc1nc(-c2ccco2)c(C(=O)C2CCCOCC2)s1.O=CCN1CC=CCC1. The lowest BCUT2D eigenvalue weighted by Crippen LogP contribution is -2.28. The first-order valence-electron chi connectivity index (χ1n) is 10.4. The third-order valence-corrected chi connectivity index (χ3v) is 6.20. The van der Waals surface area contributed by atoms with Crippen LogP contribution in [-0.2, 0) is 9.53 Å². The maximum atomic E-state index is 12.8. The molecule has 0 amide bonds. The Hall–Kier alpha value is -2.29. The smallest absolute Gasteiger partial charge is 0.183 e. The lowest BCUT2D eigenvalue weighted by molar-refractivity contribution is -0.108. The third-order valence-electron chi connectivity index (χ3n) is 5.12. The maximum Gasteiger partial charge on any atom is 0.183 e. The van der Waals surface area contributed by atoms with Crippen LogP contribution in [0.4, 0.5) is 5.13 Å². The minimum Gasteiger partial charge on any atom is -0.463 e. The Morgan fingerprint density at radius 1 is 1.37 bits per heavy atom. The summed E-state index contributed by atoms with van der Waals surface area (Å²) in [6.45, 7) is 3.97. The number of aldehydes is 1. The fraction of sp³-hybridized carbons (Fsp3) is 0.500. The van der Waals surface area contributed by atoms with Gasteiger partial charge in [-0.05, 0) is 37.8 Å². The molecule has 1 fully saturated rings. The average molecular weight is 432 g/mol. The second-order valence-corrected chi connectivity index (χ2v) is 8.21. The molecule has 0 aliphatic carbocycles. The van der Waals surface area contributed by atoms with Crippen LogP contribution in [0.2, 0.25) is 0 Å². The predicted molar refractivity (Wildman–Crippen MR) is 118 cm³/mol. The summed E-state index contributed by atoms with van der Waals surface area (Å²) in [5.41, 5.74) is 0.643. The molecule has 4 heterocycles. The summed E-state index contributed by atoms with van der Waals surface area (Å²) < 4.78 is 10.9. The fourth-order valence-electron chi connectivity index (χ4n) is 3.49. The van der Waals surface area contributed by atoms with Gasteiger partial charge >= 0.3 is 0 Å². The zero-order valence-corrected chi connectivity index (χ0v) is 18.2. The molecule has 0 aromatic carbocycles. The van der Waals surface area contributed by atoms with Gasteiger partial charge in [0.15, 0.2) is 16.7 Å². The number of ether oxygens (including phenoxy) is 1. The number of carbonyl (C=O) groups is 2. The summed E-state index contributed by atoms with van der Waals surface area (Å²) in [6, 6.07) is 3.64. The van der Waals surface area contributed by atoms with Crippen molar-refractivity contribution in [3.63, 3.8) is 0 Å². The Morgan fingerprint density at radius 2 is 2.27 bits per heavy atom. The standard InChI is InChI=1S/C15H18N2O3S.C7H11NO/c1-16-15-17-12(11-5-3-8-20-11)14(21-15)13(18)10-4-2-7-19-9-6-10;9-7-6-8-4-2-1-3-5-8/h3,5,8,10H,2,4,6-7,9H2,1H3,(H,16,17);1-2,7H,3-6H2. The van der Waals surface area contributed by atoms with Gasteiger partial charge in [0.25, 0.3) is 0 Å². The monoisotopic (exact) mass is 431 g/mol. The zero-order valence-electron chi connectivity index (χ0n) is 17.3. The molecule has 2 aromatic rings. The quantitative estimate of drug-likeness (QED) is 0.422.